The van der Waals surface area contributed by atoms with Crippen LogP contribution in [0.25, 0.3) is 0 Å². The Kier molecular flexibility index (Phi) is 2.83. The van der Waals surface area contributed by atoms with E-state index in [2.05, 4.69) is 0 Å². The lowest BCUT2D eigenvalue weighted by molar-refractivity contribution is 0.189. The van der Waals surface area contributed by atoms with Gasteiger partial charge in [0.2, 0.25) is 0 Å². The van der Waals surface area contributed by atoms with E-state index in [1.54, 1.807) is 37.4 Å². The van der Waals surface area contributed by atoms with Gasteiger partial charge in [-0.25, -0.2) is 0 Å². The Bertz CT molecular complexity index is 465. The van der Waals surface area contributed by atoms with Crippen molar-refractivity contribution in [2.45, 2.75) is 6.10 Å². The van der Waals surface area contributed by atoms with E-state index in [0.717, 1.165) is 0 Å². The summed E-state index contributed by atoms with van der Waals surface area (Å²) in [5.74, 6) is 1.11. The van der Waals surface area contributed by atoms with Crippen LogP contribution >= 0.6 is 0 Å². The standard InChI is InChI=1S/C12H13NO3/c1-15-8-4-5-10(13)9(7-8)12(14)11-3-2-6-16-11/h2-7,12,14H,13H2,1H3. The molecule has 84 valence electrons. The first-order valence-electron chi connectivity index (χ1n) is 4.87. The maximum absolute atomic E-state index is 10.1. The van der Waals surface area contributed by atoms with Crippen LogP contribution in [0.5, 0.6) is 5.75 Å². The van der Waals surface area contributed by atoms with Gasteiger partial charge in [-0.05, 0) is 30.3 Å². The van der Waals surface area contributed by atoms with Gasteiger partial charge in [0.15, 0.2) is 0 Å². The van der Waals surface area contributed by atoms with Crippen molar-refractivity contribution in [2.24, 2.45) is 0 Å². The Morgan fingerprint density at radius 3 is 2.81 bits per heavy atom. The van der Waals surface area contributed by atoms with E-state index in [4.69, 9.17) is 14.9 Å². The number of furan rings is 1. The van der Waals surface area contributed by atoms with Crippen LogP contribution in [0, 0.1) is 0 Å². The first kappa shape index (κ1) is 10.6. The number of aliphatic hydroxyl groups excluding tert-OH is 1. The Balaban J connectivity index is 2.39. The largest absolute Gasteiger partial charge is 0.497 e. The summed E-state index contributed by atoms with van der Waals surface area (Å²) < 4.78 is 10.2. The average Bonchev–Trinajstić information content (AvgIpc) is 2.82. The molecule has 1 heterocycles. The van der Waals surface area contributed by atoms with E-state index in [9.17, 15) is 5.11 Å². The van der Waals surface area contributed by atoms with Crippen LogP contribution in [0.15, 0.2) is 41.0 Å². The van der Waals surface area contributed by atoms with Gasteiger partial charge < -0.3 is 20.0 Å². The maximum Gasteiger partial charge on any atom is 0.139 e. The zero-order chi connectivity index (χ0) is 11.5. The summed E-state index contributed by atoms with van der Waals surface area (Å²) in [6.45, 7) is 0. The number of ether oxygens (including phenoxy) is 1. The summed E-state index contributed by atoms with van der Waals surface area (Å²) in [5.41, 5.74) is 6.88. The monoisotopic (exact) mass is 219 g/mol. The zero-order valence-corrected chi connectivity index (χ0v) is 8.88. The lowest BCUT2D eigenvalue weighted by Gasteiger charge is -2.12. The van der Waals surface area contributed by atoms with E-state index in [0.29, 0.717) is 22.8 Å². The number of methoxy groups -OCH3 is 1. The number of nitrogens with two attached hydrogens (primary N) is 1. The number of anilines is 1. The molecule has 0 bridgehead atoms. The molecular formula is C12H13NO3. The second kappa shape index (κ2) is 4.28. The van der Waals surface area contributed by atoms with Gasteiger partial charge in [-0.2, -0.15) is 0 Å². The van der Waals surface area contributed by atoms with Crippen LogP contribution in [0.4, 0.5) is 5.69 Å². The highest BCUT2D eigenvalue weighted by atomic mass is 16.5. The van der Waals surface area contributed by atoms with Crippen molar-refractivity contribution in [3.63, 3.8) is 0 Å². The van der Waals surface area contributed by atoms with E-state index in [-0.39, 0.29) is 0 Å². The minimum atomic E-state index is -0.870. The first-order chi connectivity index (χ1) is 7.72. The van der Waals surface area contributed by atoms with Crippen molar-refractivity contribution < 1.29 is 14.3 Å². The van der Waals surface area contributed by atoms with Crippen LogP contribution in [-0.4, -0.2) is 12.2 Å². The molecule has 0 radical (unpaired) electrons. The molecule has 0 fully saturated rings. The van der Waals surface area contributed by atoms with E-state index >= 15 is 0 Å². The summed E-state index contributed by atoms with van der Waals surface area (Å²) in [5, 5.41) is 10.1. The summed E-state index contributed by atoms with van der Waals surface area (Å²) in [7, 11) is 1.56. The highest BCUT2D eigenvalue weighted by Crippen LogP contribution is 2.29. The van der Waals surface area contributed by atoms with Crippen molar-refractivity contribution in [1.82, 2.24) is 0 Å². The summed E-state index contributed by atoms with van der Waals surface area (Å²) >= 11 is 0. The molecule has 0 aliphatic heterocycles. The number of rotatable bonds is 3. The number of aliphatic hydroxyl groups is 1. The average molecular weight is 219 g/mol. The SMILES string of the molecule is COc1ccc(N)c(C(O)c2ccco2)c1. The van der Waals surface area contributed by atoms with Crippen molar-refractivity contribution >= 4 is 5.69 Å². The van der Waals surface area contributed by atoms with E-state index in [1.165, 1.54) is 6.26 Å². The Morgan fingerprint density at radius 2 is 2.19 bits per heavy atom. The zero-order valence-electron chi connectivity index (χ0n) is 8.88. The minimum Gasteiger partial charge on any atom is -0.497 e. The maximum atomic E-state index is 10.1. The Hall–Kier alpha value is -1.94. The fraction of sp³-hybridized carbons (Fsp3) is 0.167. The first-order valence-corrected chi connectivity index (χ1v) is 4.87. The number of hydrogen-bond acceptors (Lipinski definition) is 4. The molecule has 0 aliphatic carbocycles. The summed E-state index contributed by atoms with van der Waals surface area (Å²) in [4.78, 5) is 0. The Morgan fingerprint density at radius 1 is 1.38 bits per heavy atom. The molecule has 1 unspecified atom stereocenters. The smallest absolute Gasteiger partial charge is 0.139 e. The number of nitrogen functional groups attached to an aromatic ring is 1. The molecule has 0 saturated heterocycles. The van der Waals surface area contributed by atoms with Gasteiger partial charge in [0.05, 0.1) is 13.4 Å². The third-order valence-corrected chi connectivity index (χ3v) is 2.40. The summed E-state index contributed by atoms with van der Waals surface area (Å²) in [6.07, 6.45) is 0.639. The molecule has 0 aliphatic rings. The molecule has 4 nitrogen and oxygen atoms in total. The molecule has 0 saturated carbocycles. The molecule has 0 amide bonds. The molecule has 2 aromatic rings. The molecule has 1 aromatic carbocycles. The predicted octanol–water partition coefficient (Wildman–Crippen LogP) is 1.95. The number of benzene rings is 1. The lowest BCUT2D eigenvalue weighted by atomic mass is 10.0. The van der Waals surface area contributed by atoms with E-state index < -0.39 is 6.10 Å². The van der Waals surface area contributed by atoms with Crippen molar-refractivity contribution in [3.05, 3.63) is 47.9 Å². The van der Waals surface area contributed by atoms with Crippen LogP contribution < -0.4 is 10.5 Å². The van der Waals surface area contributed by atoms with Gasteiger partial charge in [0.25, 0.3) is 0 Å². The van der Waals surface area contributed by atoms with Crippen LogP contribution in [-0.2, 0) is 0 Å². The van der Waals surface area contributed by atoms with Crippen molar-refractivity contribution in [3.8, 4) is 5.75 Å². The van der Waals surface area contributed by atoms with Crippen LogP contribution in [0.2, 0.25) is 0 Å². The van der Waals surface area contributed by atoms with Gasteiger partial charge in [-0.1, -0.05) is 0 Å². The highest BCUT2D eigenvalue weighted by molar-refractivity contribution is 5.53. The van der Waals surface area contributed by atoms with Crippen LogP contribution in [0.3, 0.4) is 0 Å². The van der Waals surface area contributed by atoms with Crippen LogP contribution in [0.1, 0.15) is 17.4 Å². The predicted molar refractivity (Wildman–Crippen MR) is 60.2 cm³/mol. The normalized spacial score (nSPS) is 12.4. The van der Waals surface area contributed by atoms with Gasteiger partial charge in [-0.3, -0.25) is 0 Å². The summed E-state index contributed by atoms with van der Waals surface area (Å²) in [6, 6.07) is 8.55. The molecule has 4 heteroatoms. The second-order valence-electron chi connectivity index (χ2n) is 3.41. The lowest BCUT2D eigenvalue weighted by Crippen LogP contribution is -2.03. The van der Waals surface area contributed by atoms with Gasteiger partial charge in [0, 0.05) is 11.3 Å². The molecule has 1 aromatic heterocycles. The molecule has 0 spiro atoms. The van der Waals surface area contributed by atoms with Gasteiger partial charge in [0.1, 0.15) is 17.6 Å². The minimum absolute atomic E-state index is 0.458. The van der Waals surface area contributed by atoms with Gasteiger partial charge >= 0.3 is 0 Å². The molecule has 3 N–H and O–H groups in total. The second-order valence-corrected chi connectivity index (χ2v) is 3.41. The number of hydrogen-bond donors (Lipinski definition) is 2. The third kappa shape index (κ3) is 1.87. The fourth-order valence-electron chi connectivity index (χ4n) is 1.52. The molecule has 2 rings (SSSR count). The van der Waals surface area contributed by atoms with Crippen molar-refractivity contribution in [1.29, 1.82) is 0 Å². The molecular weight excluding hydrogens is 206 g/mol. The molecule has 1 atom stereocenters. The Labute approximate surface area is 93.3 Å². The fourth-order valence-corrected chi connectivity index (χ4v) is 1.52. The van der Waals surface area contributed by atoms with Gasteiger partial charge in [-0.15, -0.1) is 0 Å². The third-order valence-electron chi connectivity index (χ3n) is 2.40. The topological polar surface area (TPSA) is 68.6 Å². The highest BCUT2D eigenvalue weighted by Gasteiger charge is 2.16. The quantitative estimate of drug-likeness (QED) is 0.774. The van der Waals surface area contributed by atoms with Crippen molar-refractivity contribution in [2.75, 3.05) is 12.8 Å². The molecule has 16 heavy (non-hydrogen) atoms. The van der Waals surface area contributed by atoms with E-state index in [1.807, 2.05) is 0 Å².